The van der Waals surface area contributed by atoms with Gasteiger partial charge >= 0.3 is 6.09 Å². The van der Waals surface area contributed by atoms with E-state index in [1.165, 1.54) is 0 Å². The molecule has 0 aromatic carbocycles. The smallest absolute Gasteiger partial charge is 0.410 e. The molecular formula is C15H19N3O3. The number of hydrogen-bond acceptors (Lipinski definition) is 5. The van der Waals surface area contributed by atoms with Crippen LogP contribution < -0.4 is 4.74 Å². The summed E-state index contributed by atoms with van der Waals surface area (Å²) in [5, 5.41) is 9.01. The molecule has 1 atom stereocenters. The van der Waals surface area contributed by atoms with Gasteiger partial charge in [0, 0.05) is 19.2 Å². The van der Waals surface area contributed by atoms with Crippen molar-refractivity contribution in [1.82, 2.24) is 9.88 Å². The van der Waals surface area contributed by atoms with Crippen LogP contribution in [0.5, 0.6) is 5.88 Å². The van der Waals surface area contributed by atoms with Gasteiger partial charge in [-0.1, -0.05) is 0 Å². The van der Waals surface area contributed by atoms with E-state index < -0.39 is 5.60 Å². The summed E-state index contributed by atoms with van der Waals surface area (Å²) in [6, 6.07) is 5.39. The molecule has 112 valence electrons. The van der Waals surface area contributed by atoms with Crippen LogP contribution in [0.3, 0.4) is 0 Å². The normalized spacial score (nSPS) is 18.2. The summed E-state index contributed by atoms with van der Waals surface area (Å²) in [4.78, 5) is 17.6. The van der Waals surface area contributed by atoms with Crippen LogP contribution in [0, 0.1) is 11.3 Å². The first kappa shape index (κ1) is 15.1. The molecule has 0 spiro atoms. The van der Waals surface area contributed by atoms with Gasteiger partial charge in [0.25, 0.3) is 0 Å². The van der Waals surface area contributed by atoms with Crippen molar-refractivity contribution in [2.45, 2.75) is 38.9 Å². The lowest BCUT2D eigenvalue weighted by Gasteiger charge is -2.24. The van der Waals surface area contributed by atoms with Crippen LogP contribution in [0.25, 0.3) is 0 Å². The third-order valence-electron chi connectivity index (χ3n) is 2.97. The van der Waals surface area contributed by atoms with E-state index in [4.69, 9.17) is 14.7 Å². The quantitative estimate of drug-likeness (QED) is 0.835. The van der Waals surface area contributed by atoms with Gasteiger partial charge in [-0.05, 0) is 32.9 Å². The average molecular weight is 289 g/mol. The molecule has 1 aliphatic heterocycles. The molecule has 2 heterocycles. The predicted molar refractivity (Wildman–Crippen MR) is 75.8 cm³/mol. The second kappa shape index (κ2) is 6.00. The van der Waals surface area contributed by atoms with Crippen molar-refractivity contribution in [2.24, 2.45) is 0 Å². The maximum atomic E-state index is 12.0. The average Bonchev–Trinajstić information content (AvgIpc) is 2.86. The number of rotatable bonds is 2. The maximum absolute atomic E-state index is 12.0. The zero-order chi connectivity index (χ0) is 15.5. The fourth-order valence-electron chi connectivity index (χ4n) is 2.04. The zero-order valence-electron chi connectivity index (χ0n) is 12.5. The Kier molecular flexibility index (Phi) is 4.32. The number of amides is 1. The Hall–Kier alpha value is -2.29. The van der Waals surface area contributed by atoms with E-state index in [2.05, 4.69) is 4.98 Å². The Bertz CT molecular complexity index is 560. The highest BCUT2D eigenvalue weighted by molar-refractivity contribution is 5.68. The van der Waals surface area contributed by atoms with Crippen LogP contribution in [-0.4, -0.2) is 40.8 Å². The SMILES string of the molecule is CC(C)(C)OC(=O)N1CCC(Oc2ncccc2C#N)C1. The molecule has 6 heteroatoms. The molecule has 0 radical (unpaired) electrons. The minimum Gasteiger partial charge on any atom is -0.471 e. The Morgan fingerprint density at radius 1 is 1.52 bits per heavy atom. The maximum Gasteiger partial charge on any atom is 0.410 e. The molecule has 1 unspecified atom stereocenters. The number of aromatic nitrogens is 1. The highest BCUT2D eigenvalue weighted by Gasteiger charge is 2.31. The lowest BCUT2D eigenvalue weighted by molar-refractivity contribution is 0.0275. The van der Waals surface area contributed by atoms with E-state index in [9.17, 15) is 4.79 Å². The number of likely N-dealkylation sites (tertiary alicyclic amines) is 1. The van der Waals surface area contributed by atoms with Gasteiger partial charge in [0.05, 0.1) is 6.54 Å². The van der Waals surface area contributed by atoms with Crippen molar-refractivity contribution >= 4 is 6.09 Å². The van der Waals surface area contributed by atoms with Gasteiger partial charge in [0.1, 0.15) is 23.3 Å². The van der Waals surface area contributed by atoms with Gasteiger partial charge in [-0.2, -0.15) is 5.26 Å². The molecule has 0 aliphatic carbocycles. The molecule has 0 saturated carbocycles. The third kappa shape index (κ3) is 4.09. The Balaban J connectivity index is 1.94. The van der Waals surface area contributed by atoms with Crippen molar-refractivity contribution in [3.05, 3.63) is 23.9 Å². The van der Waals surface area contributed by atoms with Crippen molar-refractivity contribution in [2.75, 3.05) is 13.1 Å². The monoisotopic (exact) mass is 289 g/mol. The lowest BCUT2D eigenvalue weighted by Crippen LogP contribution is -2.36. The third-order valence-corrected chi connectivity index (χ3v) is 2.97. The molecule has 0 bridgehead atoms. The van der Waals surface area contributed by atoms with Crippen LogP contribution in [0.4, 0.5) is 4.79 Å². The molecule has 1 amide bonds. The van der Waals surface area contributed by atoms with E-state index in [0.717, 1.165) is 0 Å². The van der Waals surface area contributed by atoms with Crippen molar-refractivity contribution in [3.8, 4) is 11.9 Å². The molecule has 6 nitrogen and oxygen atoms in total. The summed E-state index contributed by atoms with van der Waals surface area (Å²) in [5.41, 5.74) is -0.112. The number of ether oxygens (including phenoxy) is 2. The van der Waals surface area contributed by atoms with Gasteiger partial charge in [-0.25, -0.2) is 9.78 Å². The molecule has 1 aromatic heterocycles. The van der Waals surface area contributed by atoms with Crippen LogP contribution in [0.15, 0.2) is 18.3 Å². The first-order valence-electron chi connectivity index (χ1n) is 6.89. The first-order chi connectivity index (χ1) is 9.89. The van der Waals surface area contributed by atoms with Crippen molar-refractivity contribution < 1.29 is 14.3 Å². The molecule has 1 saturated heterocycles. The van der Waals surface area contributed by atoms with Crippen LogP contribution in [0.2, 0.25) is 0 Å². The summed E-state index contributed by atoms with van der Waals surface area (Å²) in [5.74, 6) is 0.316. The highest BCUT2D eigenvalue weighted by Crippen LogP contribution is 2.21. The lowest BCUT2D eigenvalue weighted by atomic mass is 10.2. The minimum absolute atomic E-state index is 0.167. The summed E-state index contributed by atoms with van der Waals surface area (Å²) < 4.78 is 11.1. The van der Waals surface area contributed by atoms with E-state index in [1.807, 2.05) is 26.8 Å². The van der Waals surface area contributed by atoms with Gasteiger partial charge in [0.15, 0.2) is 0 Å². The molecule has 21 heavy (non-hydrogen) atoms. The number of nitrogens with zero attached hydrogens (tertiary/aromatic N) is 3. The topological polar surface area (TPSA) is 75.4 Å². The minimum atomic E-state index is -0.509. The van der Waals surface area contributed by atoms with Gasteiger partial charge in [-0.15, -0.1) is 0 Å². The summed E-state index contributed by atoms with van der Waals surface area (Å²) >= 11 is 0. The van der Waals surface area contributed by atoms with Crippen LogP contribution in [-0.2, 0) is 4.74 Å². The van der Waals surface area contributed by atoms with Crippen LogP contribution >= 0.6 is 0 Å². The standard InChI is InChI=1S/C15H19N3O3/c1-15(2,3)21-14(19)18-8-6-12(10-18)20-13-11(9-16)5-4-7-17-13/h4-5,7,12H,6,8,10H2,1-3H3. The second-order valence-electron chi connectivity index (χ2n) is 5.92. The summed E-state index contributed by atoms with van der Waals surface area (Å²) in [6.07, 6.45) is 1.77. The van der Waals surface area contributed by atoms with Gasteiger partial charge in [0.2, 0.25) is 5.88 Å². The zero-order valence-corrected chi connectivity index (χ0v) is 12.5. The highest BCUT2D eigenvalue weighted by atomic mass is 16.6. The molecule has 1 aliphatic rings. The van der Waals surface area contributed by atoms with E-state index in [-0.39, 0.29) is 12.2 Å². The van der Waals surface area contributed by atoms with Crippen LogP contribution in [0.1, 0.15) is 32.8 Å². The molecule has 0 N–H and O–H groups in total. The number of nitriles is 1. The number of carbonyl (C=O) groups is 1. The first-order valence-corrected chi connectivity index (χ1v) is 6.89. The van der Waals surface area contributed by atoms with Crippen molar-refractivity contribution in [1.29, 1.82) is 5.26 Å². The summed E-state index contributed by atoms with van der Waals surface area (Å²) in [7, 11) is 0. The molecule has 1 fully saturated rings. The Morgan fingerprint density at radius 2 is 2.29 bits per heavy atom. The number of hydrogen-bond donors (Lipinski definition) is 0. The fourth-order valence-corrected chi connectivity index (χ4v) is 2.04. The molecular weight excluding hydrogens is 270 g/mol. The van der Waals surface area contributed by atoms with Crippen molar-refractivity contribution in [3.63, 3.8) is 0 Å². The molecule has 1 aromatic rings. The molecule has 2 rings (SSSR count). The predicted octanol–water partition coefficient (Wildman–Crippen LogP) is 2.34. The fraction of sp³-hybridized carbons (Fsp3) is 0.533. The van der Waals surface area contributed by atoms with Gasteiger partial charge in [-0.3, -0.25) is 0 Å². The van der Waals surface area contributed by atoms with E-state index in [0.29, 0.717) is 31.0 Å². The summed E-state index contributed by atoms with van der Waals surface area (Å²) in [6.45, 7) is 6.52. The van der Waals surface area contributed by atoms with E-state index in [1.54, 1.807) is 23.2 Å². The second-order valence-corrected chi connectivity index (χ2v) is 5.92. The number of pyridine rings is 1. The largest absolute Gasteiger partial charge is 0.471 e. The van der Waals surface area contributed by atoms with E-state index >= 15 is 0 Å². The Morgan fingerprint density at radius 3 is 2.95 bits per heavy atom. The number of carbonyl (C=O) groups excluding carboxylic acids is 1. The van der Waals surface area contributed by atoms with Gasteiger partial charge < -0.3 is 14.4 Å². The Labute approximate surface area is 124 Å².